The van der Waals surface area contributed by atoms with Crippen LogP contribution in [0.5, 0.6) is 5.75 Å². The number of nitrogens with zero attached hydrogens (tertiary/aromatic N) is 2. The van der Waals surface area contributed by atoms with Crippen molar-refractivity contribution in [3.8, 4) is 5.75 Å². The van der Waals surface area contributed by atoms with Gasteiger partial charge in [-0.25, -0.2) is 0 Å². The molecule has 1 fully saturated rings. The molecule has 1 amide bonds. The van der Waals surface area contributed by atoms with Gasteiger partial charge in [0.25, 0.3) is 5.91 Å². The molecule has 0 spiro atoms. The summed E-state index contributed by atoms with van der Waals surface area (Å²) < 4.78 is 5.22. The van der Waals surface area contributed by atoms with E-state index in [2.05, 4.69) is 22.3 Å². The number of aromatic amines is 1. The van der Waals surface area contributed by atoms with E-state index in [1.165, 1.54) is 6.42 Å². The van der Waals surface area contributed by atoms with Gasteiger partial charge in [-0.1, -0.05) is 25.0 Å². The smallest absolute Gasteiger partial charge is 0.272 e. The van der Waals surface area contributed by atoms with Crippen LogP contribution in [0.1, 0.15) is 47.8 Å². The number of methoxy groups -OCH3 is 1. The Morgan fingerprint density at radius 1 is 1.23 bits per heavy atom. The zero-order chi connectivity index (χ0) is 15.4. The summed E-state index contributed by atoms with van der Waals surface area (Å²) >= 11 is 0. The number of hydrogen-bond acceptors (Lipinski definition) is 3. The molecule has 1 N–H and O–H groups in total. The molecule has 3 rings (SSSR count). The molecule has 22 heavy (non-hydrogen) atoms. The Morgan fingerprint density at radius 3 is 2.73 bits per heavy atom. The van der Waals surface area contributed by atoms with Crippen molar-refractivity contribution >= 4 is 5.91 Å². The number of hydrogen-bond donors (Lipinski definition) is 1. The topological polar surface area (TPSA) is 58.2 Å². The zero-order valence-electron chi connectivity index (χ0n) is 12.8. The molecule has 0 bridgehead atoms. The van der Waals surface area contributed by atoms with Crippen LogP contribution in [-0.4, -0.2) is 34.7 Å². The van der Waals surface area contributed by atoms with E-state index < -0.39 is 0 Å². The van der Waals surface area contributed by atoms with Gasteiger partial charge in [0, 0.05) is 12.7 Å². The molecule has 2 heterocycles. The summed E-state index contributed by atoms with van der Waals surface area (Å²) in [5, 5.41) is 6.68. The van der Waals surface area contributed by atoms with Crippen molar-refractivity contribution < 1.29 is 9.53 Å². The minimum atomic E-state index is 0.0280. The molecule has 116 valence electrons. The van der Waals surface area contributed by atoms with Crippen molar-refractivity contribution in [3.63, 3.8) is 0 Å². The highest BCUT2D eigenvalue weighted by atomic mass is 16.5. The van der Waals surface area contributed by atoms with Gasteiger partial charge in [-0.05, 0) is 36.6 Å². The lowest BCUT2D eigenvalue weighted by Crippen LogP contribution is -2.35. The molecule has 1 aromatic carbocycles. The molecule has 0 saturated carbocycles. The first-order chi connectivity index (χ1) is 10.8. The van der Waals surface area contributed by atoms with E-state index in [4.69, 9.17) is 4.74 Å². The number of benzene rings is 1. The Labute approximate surface area is 130 Å². The molecule has 1 atom stereocenters. The van der Waals surface area contributed by atoms with Crippen molar-refractivity contribution in [1.29, 1.82) is 0 Å². The van der Waals surface area contributed by atoms with E-state index in [0.717, 1.165) is 37.1 Å². The van der Waals surface area contributed by atoms with Gasteiger partial charge in [0.2, 0.25) is 0 Å². The third-order valence-electron chi connectivity index (χ3n) is 4.25. The van der Waals surface area contributed by atoms with E-state index in [9.17, 15) is 4.79 Å². The lowest BCUT2D eigenvalue weighted by atomic mass is 10.0. The first kappa shape index (κ1) is 14.6. The predicted molar refractivity (Wildman–Crippen MR) is 83.8 cm³/mol. The maximum atomic E-state index is 12.8. The van der Waals surface area contributed by atoms with Gasteiger partial charge in [0.15, 0.2) is 0 Å². The third kappa shape index (κ3) is 2.98. The Bertz CT molecular complexity index is 607. The monoisotopic (exact) mass is 299 g/mol. The van der Waals surface area contributed by atoms with Crippen molar-refractivity contribution in [1.82, 2.24) is 15.1 Å². The molecule has 0 aliphatic carbocycles. The summed E-state index contributed by atoms with van der Waals surface area (Å²) in [6.07, 6.45) is 5.97. The fourth-order valence-electron chi connectivity index (χ4n) is 3.05. The van der Waals surface area contributed by atoms with E-state index in [-0.39, 0.29) is 11.9 Å². The predicted octanol–water partition coefficient (Wildman–Crippen LogP) is 3.18. The number of H-pyrrole nitrogens is 1. The van der Waals surface area contributed by atoms with Gasteiger partial charge in [-0.3, -0.25) is 9.89 Å². The second-order valence-electron chi connectivity index (χ2n) is 5.61. The number of ether oxygens (including phenoxy) is 1. The standard InChI is InChI=1S/C17H21N3O2/c1-22-14-8-6-13(7-9-14)16-5-3-2-4-12-20(16)17(21)15-10-11-18-19-15/h6-11,16H,2-5,12H2,1H3,(H,18,19). The van der Waals surface area contributed by atoms with Crippen LogP contribution in [0.15, 0.2) is 36.5 Å². The first-order valence-electron chi connectivity index (χ1n) is 7.74. The number of amides is 1. The van der Waals surface area contributed by atoms with Gasteiger partial charge in [0.1, 0.15) is 11.4 Å². The van der Waals surface area contributed by atoms with E-state index in [1.807, 2.05) is 17.0 Å². The zero-order valence-corrected chi connectivity index (χ0v) is 12.8. The van der Waals surface area contributed by atoms with Crippen LogP contribution in [0.25, 0.3) is 0 Å². The minimum Gasteiger partial charge on any atom is -0.497 e. The fourth-order valence-corrected chi connectivity index (χ4v) is 3.05. The molecule has 5 heteroatoms. The van der Waals surface area contributed by atoms with Crippen LogP contribution in [0, 0.1) is 0 Å². The largest absolute Gasteiger partial charge is 0.497 e. The summed E-state index contributed by atoms with van der Waals surface area (Å²) in [6.45, 7) is 0.786. The highest BCUT2D eigenvalue weighted by molar-refractivity contribution is 5.92. The molecule has 5 nitrogen and oxygen atoms in total. The van der Waals surface area contributed by atoms with E-state index in [0.29, 0.717) is 5.69 Å². The number of likely N-dealkylation sites (tertiary alicyclic amines) is 1. The van der Waals surface area contributed by atoms with Crippen LogP contribution in [0.3, 0.4) is 0 Å². The highest BCUT2D eigenvalue weighted by Crippen LogP contribution is 2.32. The lowest BCUT2D eigenvalue weighted by molar-refractivity contribution is 0.0675. The van der Waals surface area contributed by atoms with Crippen molar-refractivity contribution in [2.24, 2.45) is 0 Å². The highest BCUT2D eigenvalue weighted by Gasteiger charge is 2.28. The van der Waals surface area contributed by atoms with E-state index in [1.54, 1.807) is 19.4 Å². The van der Waals surface area contributed by atoms with Gasteiger partial charge >= 0.3 is 0 Å². The second-order valence-corrected chi connectivity index (χ2v) is 5.61. The number of carbonyl (C=O) groups is 1. The summed E-state index contributed by atoms with van der Waals surface area (Å²) in [5.74, 6) is 0.865. The number of carbonyl (C=O) groups excluding carboxylic acids is 1. The maximum absolute atomic E-state index is 12.8. The fraction of sp³-hybridized carbons (Fsp3) is 0.412. The molecular formula is C17H21N3O2. The number of nitrogens with one attached hydrogen (secondary N) is 1. The Morgan fingerprint density at radius 2 is 2.05 bits per heavy atom. The molecule has 1 unspecified atom stereocenters. The molecule has 1 saturated heterocycles. The summed E-state index contributed by atoms with van der Waals surface area (Å²) in [6, 6.07) is 9.88. The molecule has 0 radical (unpaired) electrons. The first-order valence-corrected chi connectivity index (χ1v) is 7.74. The quantitative estimate of drug-likeness (QED) is 0.947. The number of rotatable bonds is 3. The van der Waals surface area contributed by atoms with Crippen molar-refractivity contribution in [2.45, 2.75) is 31.7 Å². The van der Waals surface area contributed by atoms with Gasteiger partial charge < -0.3 is 9.64 Å². The van der Waals surface area contributed by atoms with Gasteiger partial charge in [-0.2, -0.15) is 5.10 Å². The third-order valence-corrected chi connectivity index (χ3v) is 4.25. The molecule has 1 aromatic heterocycles. The second kappa shape index (κ2) is 6.64. The van der Waals surface area contributed by atoms with E-state index >= 15 is 0 Å². The average Bonchev–Trinajstić information content (AvgIpc) is 2.99. The number of aromatic nitrogens is 2. The van der Waals surface area contributed by atoms with Crippen molar-refractivity contribution in [2.75, 3.05) is 13.7 Å². The summed E-state index contributed by atoms with van der Waals surface area (Å²) in [5.41, 5.74) is 1.72. The van der Waals surface area contributed by atoms with Gasteiger partial charge in [0.05, 0.1) is 13.2 Å². The Balaban J connectivity index is 1.88. The van der Waals surface area contributed by atoms with Crippen LogP contribution >= 0.6 is 0 Å². The molecule has 2 aromatic rings. The summed E-state index contributed by atoms with van der Waals surface area (Å²) in [7, 11) is 1.66. The Hall–Kier alpha value is -2.30. The summed E-state index contributed by atoms with van der Waals surface area (Å²) in [4.78, 5) is 14.7. The average molecular weight is 299 g/mol. The van der Waals surface area contributed by atoms with Crippen molar-refractivity contribution in [3.05, 3.63) is 47.8 Å². The molecule has 1 aliphatic rings. The van der Waals surface area contributed by atoms with Crippen LogP contribution in [0.4, 0.5) is 0 Å². The van der Waals surface area contributed by atoms with Gasteiger partial charge in [-0.15, -0.1) is 0 Å². The molecule has 1 aliphatic heterocycles. The maximum Gasteiger partial charge on any atom is 0.272 e. The van der Waals surface area contributed by atoms with Crippen LogP contribution in [-0.2, 0) is 0 Å². The minimum absolute atomic E-state index is 0.0280. The Kier molecular flexibility index (Phi) is 4.42. The van der Waals surface area contributed by atoms with Crippen LogP contribution in [0.2, 0.25) is 0 Å². The molecular weight excluding hydrogens is 278 g/mol. The lowest BCUT2D eigenvalue weighted by Gasteiger charge is -2.30. The van der Waals surface area contributed by atoms with Crippen LogP contribution < -0.4 is 4.74 Å². The normalized spacial score (nSPS) is 18.8. The SMILES string of the molecule is COc1ccc(C2CCCCCN2C(=O)c2ccn[nH]2)cc1.